The Balaban J connectivity index is 3.41. The molecule has 0 fully saturated rings. The first-order valence-electron chi connectivity index (χ1n) is 7.43. The second-order valence-corrected chi connectivity index (χ2v) is 8.17. The van der Waals surface area contributed by atoms with Crippen LogP contribution in [0.1, 0.15) is 44.4 Å². The topological polar surface area (TPSA) is 63.4 Å². The molecule has 0 amide bonds. The van der Waals surface area contributed by atoms with Crippen molar-refractivity contribution in [1.82, 2.24) is 4.31 Å². The van der Waals surface area contributed by atoms with Crippen LogP contribution in [-0.4, -0.2) is 25.3 Å². The molecule has 21 heavy (non-hydrogen) atoms. The van der Waals surface area contributed by atoms with Gasteiger partial charge < -0.3 is 5.73 Å². The first-order valence-corrected chi connectivity index (χ1v) is 8.87. The Morgan fingerprint density at radius 2 is 1.67 bits per heavy atom. The third kappa shape index (κ3) is 4.05. The van der Waals surface area contributed by atoms with Gasteiger partial charge in [0.2, 0.25) is 10.0 Å². The van der Waals surface area contributed by atoms with Crippen molar-refractivity contribution in [2.45, 2.75) is 59.0 Å². The summed E-state index contributed by atoms with van der Waals surface area (Å²) in [5.74, 6) is 0.280. The maximum Gasteiger partial charge on any atom is 0.243 e. The molecular formula is C16H28N2O2S. The lowest BCUT2D eigenvalue weighted by Crippen LogP contribution is -2.39. The summed E-state index contributed by atoms with van der Waals surface area (Å²) in [5.41, 5.74) is 8.42. The van der Waals surface area contributed by atoms with Crippen LogP contribution in [0.2, 0.25) is 0 Å². The molecular weight excluding hydrogens is 284 g/mol. The summed E-state index contributed by atoms with van der Waals surface area (Å²) < 4.78 is 27.6. The summed E-state index contributed by atoms with van der Waals surface area (Å²) in [6, 6.07) is 3.57. The fraction of sp³-hybridized carbons (Fsp3) is 0.625. The van der Waals surface area contributed by atoms with Crippen LogP contribution in [0.5, 0.6) is 0 Å². The van der Waals surface area contributed by atoms with Gasteiger partial charge in [-0.2, -0.15) is 4.31 Å². The van der Waals surface area contributed by atoms with Gasteiger partial charge in [0.25, 0.3) is 0 Å². The smallest absolute Gasteiger partial charge is 0.243 e. The van der Waals surface area contributed by atoms with Gasteiger partial charge in [-0.25, -0.2) is 8.42 Å². The molecule has 2 N–H and O–H groups in total. The van der Waals surface area contributed by atoms with E-state index in [9.17, 15) is 8.42 Å². The lowest BCUT2D eigenvalue weighted by Gasteiger charge is -2.28. The van der Waals surface area contributed by atoms with Crippen LogP contribution >= 0.6 is 0 Å². The lowest BCUT2D eigenvalue weighted by atomic mass is 10.1. The predicted octanol–water partition coefficient (Wildman–Crippen LogP) is 2.82. The van der Waals surface area contributed by atoms with E-state index in [0.29, 0.717) is 18.0 Å². The molecule has 0 radical (unpaired) electrons. The van der Waals surface area contributed by atoms with E-state index >= 15 is 0 Å². The molecule has 0 aliphatic carbocycles. The van der Waals surface area contributed by atoms with Crippen LogP contribution in [-0.2, 0) is 16.6 Å². The Labute approximate surface area is 129 Å². The quantitative estimate of drug-likeness (QED) is 0.878. The Kier molecular flexibility index (Phi) is 5.96. The average molecular weight is 312 g/mol. The summed E-state index contributed by atoms with van der Waals surface area (Å²) in [6.45, 7) is 12.5. The monoisotopic (exact) mass is 312 g/mol. The molecule has 0 aliphatic rings. The predicted molar refractivity (Wildman–Crippen MR) is 87.7 cm³/mol. The molecule has 4 nitrogen and oxygen atoms in total. The molecule has 0 atom stereocenters. The summed E-state index contributed by atoms with van der Waals surface area (Å²) in [4.78, 5) is 0.378. The van der Waals surface area contributed by atoms with E-state index in [1.165, 1.54) is 0 Å². The third-order valence-electron chi connectivity index (χ3n) is 3.56. The number of hydrogen-bond acceptors (Lipinski definition) is 3. The van der Waals surface area contributed by atoms with Crippen molar-refractivity contribution >= 4 is 10.0 Å². The number of benzene rings is 1. The number of aryl methyl sites for hydroxylation is 2. The Morgan fingerprint density at radius 1 is 1.10 bits per heavy atom. The van der Waals surface area contributed by atoms with Gasteiger partial charge in [0, 0.05) is 19.1 Å². The molecule has 0 bridgehead atoms. The largest absolute Gasteiger partial charge is 0.326 e. The molecule has 120 valence electrons. The third-order valence-corrected chi connectivity index (χ3v) is 5.74. The Morgan fingerprint density at radius 3 is 2.10 bits per heavy atom. The summed E-state index contributed by atoms with van der Waals surface area (Å²) in [7, 11) is -3.50. The van der Waals surface area contributed by atoms with Gasteiger partial charge in [0.05, 0.1) is 4.90 Å². The number of nitrogens with two attached hydrogens (primary N) is 1. The van der Waals surface area contributed by atoms with Crippen LogP contribution in [0, 0.1) is 19.8 Å². The van der Waals surface area contributed by atoms with Crippen LogP contribution in [0.3, 0.4) is 0 Å². The number of nitrogens with zero attached hydrogens (tertiary/aromatic N) is 1. The second-order valence-electron chi connectivity index (χ2n) is 6.31. The molecule has 0 saturated carbocycles. The molecule has 0 unspecified atom stereocenters. The van der Waals surface area contributed by atoms with E-state index < -0.39 is 10.0 Å². The highest BCUT2D eigenvalue weighted by atomic mass is 32.2. The number of sulfonamides is 1. The maximum absolute atomic E-state index is 13.0. The van der Waals surface area contributed by atoms with Gasteiger partial charge in [-0.1, -0.05) is 19.9 Å². The minimum atomic E-state index is -3.50. The normalized spacial score (nSPS) is 12.7. The number of hydrogen-bond donors (Lipinski definition) is 1. The first-order chi connectivity index (χ1) is 9.61. The summed E-state index contributed by atoms with van der Waals surface area (Å²) in [5, 5.41) is 0. The highest BCUT2D eigenvalue weighted by molar-refractivity contribution is 7.89. The minimum absolute atomic E-state index is 0.0700. The summed E-state index contributed by atoms with van der Waals surface area (Å²) in [6.07, 6.45) is 0. The minimum Gasteiger partial charge on any atom is -0.326 e. The van der Waals surface area contributed by atoms with Crippen molar-refractivity contribution in [1.29, 1.82) is 0 Å². The molecule has 0 spiro atoms. The van der Waals surface area contributed by atoms with Gasteiger partial charge >= 0.3 is 0 Å². The highest BCUT2D eigenvalue weighted by Gasteiger charge is 2.29. The van der Waals surface area contributed by atoms with Crippen molar-refractivity contribution in [3.05, 3.63) is 28.8 Å². The molecule has 1 aromatic carbocycles. The van der Waals surface area contributed by atoms with Crippen molar-refractivity contribution in [2.24, 2.45) is 11.7 Å². The Bertz CT molecular complexity index is 593. The van der Waals surface area contributed by atoms with Gasteiger partial charge in [-0.3, -0.25) is 0 Å². The zero-order valence-electron chi connectivity index (χ0n) is 14.0. The second kappa shape index (κ2) is 6.90. The summed E-state index contributed by atoms with van der Waals surface area (Å²) >= 11 is 0. The molecule has 5 heteroatoms. The number of rotatable bonds is 6. The zero-order chi connectivity index (χ0) is 16.4. The van der Waals surface area contributed by atoms with E-state index in [2.05, 4.69) is 0 Å². The van der Waals surface area contributed by atoms with E-state index in [4.69, 9.17) is 5.73 Å². The van der Waals surface area contributed by atoms with Crippen LogP contribution in [0.25, 0.3) is 0 Å². The van der Waals surface area contributed by atoms with Gasteiger partial charge in [-0.15, -0.1) is 0 Å². The maximum atomic E-state index is 13.0. The van der Waals surface area contributed by atoms with Crippen molar-refractivity contribution in [3.8, 4) is 0 Å². The van der Waals surface area contributed by atoms with Crippen molar-refractivity contribution in [2.75, 3.05) is 6.54 Å². The average Bonchev–Trinajstić information content (AvgIpc) is 2.35. The highest BCUT2D eigenvalue weighted by Crippen LogP contribution is 2.25. The fourth-order valence-corrected chi connectivity index (χ4v) is 4.50. The van der Waals surface area contributed by atoms with Crippen LogP contribution in [0.15, 0.2) is 17.0 Å². The van der Waals surface area contributed by atoms with Gasteiger partial charge in [-0.05, 0) is 56.4 Å². The molecule has 0 aliphatic heterocycles. The molecule has 0 saturated heterocycles. The van der Waals surface area contributed by atoms with E-state index in [-0.39, 0.29) is 12.0 Å². The van der Waals surface area contributed by atoms with Gasteiger partial charge in [0.15, 0.2) is 0 Å². The van der Waals surface area contributed by atoms with Crippen LogP contribution < -0.4 is 5.73 Å². The van der Waals surface area contributed by atoms with Crippen molar-refractivity contribution in [3.63, 3.8) is 0 Å². The molecule has 1 rings (SSSR count). The molecule has 0 heterocycles. The molecule has 1 aromatic rings. The van der Waals surface area contributed by atoms with Gasteiger partial charge in [0.1, 0.15) is 0 Å². The van der Waals surface area contributed by atoms with Crippen molar-refractivity contribution < 1.29 is 8.42 Å². The van der Waals surface area contributed by atoms with E-state index in [1.807, 2.05) is 47.6 Å². The lowest BCUT2D eigenvalue weighted by molar-refractivity contribution is 0.318. The standard InChI is InChI=1S/C16H28N2O2S/c1-11(2)10-18(12(3)4)21(19,20)16-8-15(9-17)13(5)7-14(16)6/h7-8,11-12H,9-10,17H2,1-6H3. The SMILES string of the molecule is Cc1cc(C)c(S(=O)(=O)N(CC(C)C)C(C)C)cc1CN. The van der Waals surface area contributed by atoms with E-state index in [1.54, 1.807) is 10.4 Å². The molecule has 0 aromatic heterocycles. The Hall–Kier alpha value is -0.910. The van der Waals surface area contributed by atoms with E-state index in [0.717, 1.165) is 16.7 Å². The van der Waals surface area contributed by atoms with Crippen LogP contribution in [0.4, 0.5) is 0 Å². The zero-order valence-corrected chi connectivity index (χ0v) is 14.8. The first kappa shape index (κ1) is 18.1. The fourth-order valence-electron chi connectivity index (χ4n) is 2.45.